The van der Waals surface area contributed by atoms with Crippen molar-refractivity contribution in [3.05, 3.63) is 64.6 Å². The normalized spacial score (nSPS) is 20.3. The topological polar surface area (TPSA) is 91.2 Å². The van der Waals surface area contributed by atoms with Gasteiger partial charge in [-0.1, -0.05) is 49.3 Å². The zero-order valence-electron chi connectivity index (χ0n) is 19.1. The van der Waals surface area contributed by atoms with Gasteiger partial charge >= 0.3 is 0 Å². The number of likely N-dealkylation sites (tertiary alicyclic amines) is 2. The minimum Gasteiger partial charge on any atom is -0.361 e. The highest BCUT2D eigenvalue weighted by atomic mass is 16.5. The Kier molecular flexibility index (Phi) is 5.12. The van der Waals surface area contributed by atoms with E-state index in [1.807, 2.05) is 17.9 Å². The maximum absolute atomic E-state index is 13.2. The molecule has 0 saturated carbocycles. The average molecular weight is 435 g/mol. The van der Waals surface area contributed by atoms with Crippen LogP contribution in [-0.4, -0.2) is 62.2 Å². The van der Waals surface area contributed by atoms with Crippen LogP contribution in [0.5, 0.6) is 0 Å². The molecule has 3 aromatic rings. The molecule has 1 amide bonds. The number of amides is 1. The third kappa shape index (κ3) is 3.52. The zero-order valence-corrected chi connectivity index (χ0v) is 19.1. The van der Waals surface area contributed by atoms with E-state index in [-0.39, 0.29) is 23.2 Å². The van der Waals surface area contributed by atoms with Crippen molar-refractivity contribution in [2.24, 2.45) is 5.41 Å². The summed E-state index contributed by atoms with van der Waals surface area (Å²) in [5.41, 5.74) is 2.51. The van der Waals surface area contributed by atoms with Gasteiger partial charge in [0.25, 0.3) is 5.91 Å². The van der Waals surface area contributed by atoms with Crippen molar-refractivity contribution in [2.45, 2.75) is 46.1 Å². The quantitative estimate of drug-likeness (QED) is 0.663. The number of H-pyrrole nitrogens is 1. The van der Waals surface area contributed by atoms with E-state index >= 15 is 0 Å². The van der Waals surface area contributed by atoms with Crippen LogP contribution in [0.2, 0.25) is 0 Å². The molecule has 2 fully saturated rings. The highest BCUT2D eigenvalue weighted by Gasteiger charge is 2.57. The monoisotopic (exact) mass is 434 g/mol. The first-order valence-corrected chi connectivity index (χ1v) is 11.3. The first kappa shape index (κ1) is 20.9. The van der Waals surface area contributed by atoms with Gasteiger partial charge in [0.1, 0.15) is 17.1 Å². The summed E-state index contributed by atoms with van der Waals surface area (Å²) in [6.45, 7) is 11.9. The number of nitrogens with zero attached hydrogens (tertiary/aromatic N) is 5. The maximum atomic E-state index is 13.2. The van der Waals surface area contributed by atoms with Gasteiger partial charge in [0, 0.05) is 50.0 Å². The van der Waals surface area contributed by atoms with Crippen molar-refractivity contribution >= 4 is 5.91 Å². The van der Waals surface area contributed by atoms with E-state index in [9.17, 15) is 4.79 Å². The van der Waals surface area contributed by atoms with Crippen LogP contribution in [0, 0.1) is 19.3 Å². The van der Waals surface area contributed by atoms with Crippen LogP contribution in [0.1, 0.15) is 64.7 Å². The Balaban J connectivity index is 1.38. The molecule has 168 valence electrons. The van der Waals surface area contributed by atoms with Crippen LogP contribution < -0.4 is 0 Å². The lowest BCUT2D eigenvalue weighted by Crippen LogP contribution is -2.61. The number of aromatic amines is 1. The van der Waals surface area contributed by atoms with E-state index in [0.29, 0.717) is 30.1 Å². The van der Waals surface area contributed by atoms with Crippen LogP contribution in [0.3, 0.4) is 0 Å². The second kappa shape index (κ2) is 7.85. The fourth-order valence-corrected chi connectivity index (χ4v) is 5.24. The van der Waals surface area contributed by atoms with Gasteiger partial charge in [-0.15, -0.1) is 0 Å². The lowest BCUT2D eigenvalue weighted by molar-refractivity contribution is 0.00162. The average Bonchev–Trinajstić information content (AvgIpc) is 3.44. The van der Waals surface area contributed by atoms with Gasteiger partial charge < -0.3 is 9.42 Å². The molecule has 0 bridgehead atoms. The number of aromatic nitrogens is 4. The molecule has 8 heteroatoms. The second-order valence-corrected chi connectivity index (χ2v) is 9.66. The highest BCUT2D eigenvalue weighted by molar-refractivity contribution is 5.96. The molecule has 0 aliphatic carbocycles. The molecule has 32 heavy (non-hydrogen) atoms. The number of carbonyl (C=O) groups excluding carboxylic acids is 1. The minimum absolute atomic E-state index is 0.00701. The Hall–Kier alpha value is -3.00. The van der Waals surface area contributed by atoms with Gasteiger partial charge in [-0.3, -0.25) is 14.8 Å². The first-order chi connectivity index (χ1) is 15.4. The van der Waals surface area contributed by atoms with E-state index in [4.69, 9.17) is 9.51 Å². The third-order valence-corrected chi connectivity index (χ3v) is 6.88. The molecular formula is C24H30N6O2. The first-order valence-electron chi connectivity index (χ1n) is 11.3. The van der Waals surface area contributed by atoms with Gasteiger partial charge in [-0.2, -0.15) is 5.10 Å². The molecule has 0 radical (unpaired) electrons. The summed E-state index contributed by atoms with van der Waals surface area (Å²) >= 11 is 0. The summed E-state index contributed by atoms with van der Waals surface area (Å²) in [7, 11) is 0. The number of aryl methyl sites for hydroxylation is 2. The molecule has 5 rings (SSSR count). The summed E-state index contributed by atoms with van der Waals surface area (Å²) < 4.78 is 5.22. The molecule has 4 heterocycles. The summed E-state index contributed by atoms with van der Waals surface area (Å²) in [6.07, 6.45) is 0. The molecule has 1 unspecified atom stereocenters. The van der Waals surface area contributed by atoms with Gasteiger partial charge in [0.15, 0.2) is 5.82 Å². The number of benzene rings is 1. The molecule has 1 N–H and O–H groups in total. The van der Waals surface area contributed by atoms with Gasteiger partial charge in [0.05, 0.1) is 5.69 Å². The number of hydrogen-bond acceptors (Lipinski definition) is 6. The lowest BCUT2D eigenvalue weighted by Gasteiger charge is -2.50. The van der Waals surface area contributed by atoms with Crippen LogP contribution in [0.4, 0.5) is 0 Å². The van der Waals surface area contributed by atoms with Crippen molar-refractivity contribution in [1.82, 2.24) is 30.1 Å². The Bertz CT molecular complexity index is 1090. The minimum atomic E-state index is -0.0306. The molecule has 8 nitrogen and oxygen atoms in total. The van der Waals surface area contributed by atoms with Gasteiger partial charge in [-0.25, -0.2) is 4.98 Å². The molecule has 2 aliphatic heterocycles. The number of hydrogen-bond donors (Lipinski definition) is 1. The number of nitrogens with one attached hydrogen (secondary N) is 1. The zero-order chi connectivity index (χ0) is 22.5. The van der Waals surface area contributed by atoms with E-state index < -0.39 is 0 Å². The Morgan fingerprint density at radius 1 is 1.22 bits per heavy atom. The van der Waals surface area contributed by atoms with E-state index in [0.717, 1.165) is 31.3 Å². The lowest BCUT2D eigenvalue weighted by atomic mass is 9.71. The smallest absolute Gasteiger partial charge is 0.259 e. The predicted octanol–water partition coefficient (Wildman–Crippen LogP) is 3.27. The van der Waals surface area contributed by atoms with Gasteiger partial charge in [-0.05, 0) is 19.4 Å². The summed E-state index contributed by atoms with van der Waals surface area (Å²) in [4.78, 5) is 22.4. The number of rotatable bonds is 5. The van der Waals surface area contributed by atoms with Crippen molar-refractivity contribution in [1.29, 1.82) is 0 Å². The molecule has 1 atom stereocenters. The fourth-order valence-electron chi connectivity index (χ4n) is 5.24. The van der Waals surface area contributed by atoms with Crippen molar-refractivity contribution in [2.75, 3.05) is 26.2 Å². The molecule has 2 aromatic heterocycles. The van der Waals surface area contributed by atoms with E-state index in [1.165, 1.54) is 5.56 Å². The van der Waals surface area contributed by atoms with Crippen LogP contribution in [-0.2, 0) is 6.54 Å². The molecule has 2 saturated heterocycles. The Morgan fingerprint density at radius 2 is 1.97 bits per heavy atom. The standard InChI is InChI=1S/C24H30N6O2/c1-15(2)21-25-22(27-26-21)19-11-29(10-18-8-6-5-7-9-18)12-24(19)13-30(14-24)23(31)20-16(3)28-32-17(20)4/h5-9,15,19H,10-14H2,1-4H3,(H,25,26,27). The Labute approximate surface area is 188 Å². The van der Waals surface area contributed by atoms with E-state index in [2.05, 4.69) is 58.4 Å². The molecular weight excluding hydrogens is 404 g/mol. The Morgan fingerprint density at radius 3 is 2.59 bits per heavy atom. The largest absolute Gasteiger partial charge is 0.361 e. The van der Waals surface area contributed by atoms with Crippen molar-refractivity contribution in [3.63, 3.8) is 0 Å². The van der Waals surface area contributed by atoms with Gasteiger partial charge in [0.2, 0.25) is 0 Å². The van der Waals surface area contributed by atoms with E-state index in [1.54, 1.807) is 6.92 Å². The van der Waals surface area contributed by atoms with Crippen LogP contribution in [0.25, 0.3) is 0 Å². The molecule has 1 aromatic carbocycles. The van der Waals surface area contributed by atoms with Crippen LogP contribution >= 0.6 is 0 Å². The van der Waals surface area contributed by atoms with Crippen molar-refractivity contribution in [3.8, 4) is 0 Å². The fraction of sp³-hybridized carbons (Fsp3) is 0.500. The van der Waals surface area contributed by atoms with Crippen LogP contribution in [0.15, 0.2) is 34.9 Å². The second-order valence-electron chi connectivity index (χ2n) is 9.66. The molecule has 1 spiro atoms. The predicted molar refractivity (Wildman–Crippen MR) is 119 cm³/mol. The highest BCUT2D eigenvalue weighted by Crippen LogP contribution is 2.49. The third-order valence-electron chi connectivity index (χ3n) is 6.88. The number of carbonyl (C=O) groups is 1. The molecule has 2 aliphatic rings. The maximum Gasteiger partial charge on any atom is 0.259 e. The summed E-state index contributed by atoms with van der Waals surface area (Å²) in [5, 5.41) is 11.6. The van der Waals surface area contributed by atoms with Crippen molar-refractivity contribution < 1.29 is 9.32 Å². The summed E-state index contributed by atoms with van der Waals surface area (Å²) in [5.74, 6) is 2.86. The SMILES string of the molecule is Cc1noc(C)c1C(=O)N1CC2(CN(Cc3ccccc3)CC2c2nc(C(C)C)n[nH]2)C1. The summed E-state index contributed by atoms with van der Waals surface area (Å²) in [6, 6.07) is 10.5.